The molecule has 1 aromatic rings. The van der Waals surface area contributed by atoms with E-state index in [4.69, 9.17) is 0 Å². The molecular formula is C26H45N5O3S. The highest BCUT2D eigenvalue weighted by molar-refractivity contribution is 8.14. The number of rotatable bonds is 10. The van der Waals surface area contributed by atoms with Crippen LogP contribution >= 0.6 is 11.1 Å². The number of nitrogens with zero attached hydrogens (tertiary/aromatic N) is 1. The maximum atomic E-state index is 13.9. The molecule has 0 unspecified atom stereocenters. The third-order valence-electron chi connectivity index (χ3n) is 6.48. The maximum absolute atomic E-state index is 13.9. The van der Waals surface area contributed by atoms with Crippen molar-refractivity contribution in [3.05, 3.63) is 35.9 Å². The van der Waals surface area contributed by atoms with E-state index in [9.17, 15) is 14.4 Å². The largest absolute Gasteiger partial charge is 0.348 e. The predicted molar refractivity (Wildman–Crippen MR) is 145 cm³/mol. The van der Waals surface area contributed by atoms with Gasteiger partial charge in [0, 0.05) is 12.6 Å². The molecule has 1 aromatic carbocycles. The number of hydrogen-bond acceptors (Lipinski definition) is 5. The van der Waals surface area contributed by atoms with Crippen LogP contribution in [0.3, 0.4) is 0 Å². The van der Waals surface area contributed by atoms with Crippen LogP contribution in [0.25, 0.3) is 0 Å². The fourth-order valence-electron chi connectivity index (χ4n) is 4.37. The van der Waals surface area contributed by atoms with Crippen molar-refractivity contribution in [2.75, 3.05) is 26.1 Å². The van der Waals surface area contributed by atoms with E-state index in [-0.39, 0.29) is 29.8 Å². The smallest absolute Gasteiger partial charge is 0.246 e. The Bertz CT molecular complexity index is 858. The molecule has 0 radical (unpaired) electrons. The Hall–Kier alpha value is -2.10. The van der Waals surface area contributed by atoms with Crippen molar-refractivity contribution in [3.63, 3.8) is 0 Å². The van der Waals surface area contributed by atoms with E-state index >= 15 is 0 Å². The van der Waals surface area contributed by atoms with E-state index in [1.807, 2.05) is 58.0 Å². The van der Waals surface area contributed by atoms with Gasteiger partial charge < -0.3 is 20.9 Å². The molecule has 1 heterocycles. The van der Waals surface area contributed by atoms with Gasteiger partial charge in [-0.15, -0.1) is 0 Å². The average molecular weight is 508 g/mol. The molecule has 0 saturated carbocycles. The SMILES string of the molecule is CC[C@@H](NC(=O)[C@@H]1C[C@H](N[SH](C)C)CN1C(=O)[C@@H](NC(=O)[C@H](C)NC)C(C)(C)C)c1ccccc1. The van der Waals surface area contributed by atoms with Crippen molar-refractivity contribution in [1.29, 1.82) is 0 Å². The number of amides is 3. The second-order valence-corrected chi connectivity index (χ2v) is 12.7. The fraction of sp³-hybridized carbons (Fsp3) is 0.654. The molecule has 1 saturated heterocycles. The van der Waals surface area contributed by atoms with Crippen LogP contribution in [0.2, 0.25) is 0 Å². The molecule has 3 amide bonds. The van der Waals surface area contributed by atoms with Gasteiger partial charge in [-0.25, -0.2) is 11.1 Å². The minimum Gasteiger partial charge on any atom is -0.348 e. The first-order chi connectivity index (χ1) is 16.4. The van der Waals surface area contributed by atoms with Gasteiger partial charge in [-0.3, -0.25) is 19.1 Å². The monoisotopic (exact) mass is 507 g/mol. The van der Waals surface area contributed by atoms with Gasteiger partial charge in [0.2, 0.25) is 17.7 Å². The number of hydrogen-bond donors (Lipinski definition) is 5. The van der Waals surface area contributed by atoms with Crippen LogP contribution in [0.15, 0.2) is 30.3 Å². The summed E-state index contributed by atoms with van der Waals surface area (Å²) in [6, 6.07) is 8.01. The summed E-state index contributed by atoms with van der Waals surface area (Å²) in [7, 11) is 1.71. The number of thiol groups is 1. The Labute approximate surface area is 213 Å². The molecule has 0 spiro atoms. The third-order valence-corrected chi connectivity index (χ3v) is 7.36. The average Bonchev–Trinajstić information content (AvgIpc) is 3.22. The highest BCUT2D eigenvalue weighted by Crippen LogP contribution is 2.28. The van der Waals surface area contributed by atoms with Gasteiger partial charge in [-0.2, -0.15) is 0 Å². The second kappa shape index (κ2) is 12.7. The summed E-state index contributed by atoms with van der Waals surface area (Å²) in [6.07, 6.45) is 5.53. The van der Waals surface area contributed by atoms with Crippen LogP contribution in [0.5, 0.6) is 0 Å². The molecule has 1 aliphatic rings. The number of nitrogens with one attached hydrogen (secondary N) is 4. The van der Waals surface area contributed by atoms with Crippen molar-refractivity contribution in [1.82, 2.24) is 25.6 Å². The van der Waals surface area contributed by atoms with Crippen LogP contribution in [-0.2, 0) is 14.4 Å². The van der Waals surface area contributed by atoms with E-state index in [1.54, 1.807) is 18.9 Å². The molecule has 0 aromatic heterocycles. The van der Waals surface area contributed by atoms with Crippen LogP contribution < -0.4 is 20.7 Å². The molecule has 1 fully saturated rings. The summed E-state index contributed by atoms with van der Waals surface area (Å²) >= 11 is -0.405. The van der Waals surface area contributed by atoms with Crippen molar-refractivity contribution < 1.29 is 14.4 Å². The Balaban J connectivity index is 2.31. The molecule has 4 N–H and O–H groups in total. The Morgan fingerprint density at radius 2 is 1.74 bits per heavy atom. The van der Waals surface area contributed by atoms with E-state index in [0.717, 1.165) is 12.0 Å². The Morgan fingerprint density at radius 1 is 1.11 bits per heavy atom. The van der Waals surface area contributed by atoms with Crippen LogP contribution in [0.4, 0.5) is 0 Å². The van der Waals surface area contributed by atoms with Gasteiger partial charge in [0.1, 0.15) is 12.1 Å². The summed E-state index contributed by atoms with van der Waals surface area (Å²) in [6.45, 7) is 10.0. The standard InChI is InChI=1S/C26H45N5O3S/c1-9-20(18-13-11-10-12-14-18)28-24(33)21-15-19(30-35(7)8)16-31(21)25(34)22(26(3,4)5)29-23(32)17(2)27-6/h10-14,17,19-22,27,30,35H,9,15-16H2,1-8H3,(H,28,33)(H,29,32)/t17-,19-,20+,21-,22+/m0/s1. The van der Waals surface area contributed by atoms with Crippen molar-refractivity contribution in [2.45, 2.75) is 77.7 Å². The zero-order valence-electron chi connectivity index (χ0n) is 22.5. The fourth-order valence-corrected chi connectivity index (χ4v) is 5.29. The molecule has 2 rings (SSSR count). The van der Waals surface area contributed by atoms with E-state index in [2.05, 4.69) is 33.2 Å². The molecule has 0 aliphatic carbocycles. The normalized spacial score (nSPS) is 21.1. The first-order valence-electron chi connectivity index (χ1n) is 12.5. The van der Waals surface area contributed by atoms with Crippen LogP contribution in [0.1, 0.15) is 59.1 Å². The molecule has 9 heteroatoms. The Morgan fingerprint density at radius 3 is 2.26 bits per heavy atom. The summed E-state index contributed by atoms with van der Waals surface area (Å²) in [5.74, 6) is -0.614. The van der Waals surface area contributed by atoms with Gasteiger partial charge in [0.05, 0.1) is 12.1 Å². The Kier molecular flexibility index (Phi) is 10.6. The lowest BCUT2D eigenvalue weighted by molar-refractivity contribution is -0.144. The second-order valence-electron chi connectivity index (χ2n) is 10.7. The van der Waals surface area contributed by atoms with Crippen molar-refractivity contribution >= 4 is 28.8 Å². The minimum absolute atomic E-state index is 0.0279. The number of likely N-dealkylation sites (tertiary alicyclic amines) is 1. The lowest BCUT2D eigenvalue weighted by atomic mass is 9.85. The topological polar surface area (TPSA) is 103 Å². The number of likely N-dealkylation sites (N-methyl/N-ethyl adjacent to an activating group) is 1. The minimum atomic E-state index is -0.749. The highest BCUT2D eigenvalue weighted by atomic mass is 32.2. The molecular weight excluding hydrogens is 462 g/mol. The summed E-state index contributed by atoms with van der Waals surface area (Å²) < 4.78 is 3.55. The van der Waals surface area contributed by atoms with Gasteiger partial charge >= 0.3 is 0 Å². The quantitative estimate of drug-likeness (QED) is 0.312. The van der Waals surface area contributed by atoms with Gasteiger partial charge in [-0.1, -0.05) is 58.0 Å². The molecule has 35 heavy (non-hydrogen) atoms. The van der Waals surface area contributed by atoms with Crippen LogP contribution in [0, 0.1) is 5.41 Å². The first-order valence-corrected chi connectivity index (χ1v) is 14.7. The van der Waals surface area contributed by atoms with Crippen molar-refractivity contribution in [2.24, 2.45) is 5.41 Å². The van der Waals surface area contributed by atoms with Gasteiger partial charge in [-0.05, 0) is 50.3 Å². The molecule has 1 aliphatic heterocycles. The van der Waals surface area contributed by atoms with E-state index < -0.39 is 34.6 Å². The lowest BCUT2D eigenvalue weighted by Crippen LogP contribution is -2.59. The van der Waals surface area contributed by atoms with Crippen molar-refractivity contribution in [3.8, 4) is 0 Å². The number of carbonyl (C=O) groups excluding carboxylic acids is 3. The first kappa shape index (κ1) is 29.1. The molecule has 0 bridgehead atoms. The van der Waals surface area contributed by atoms with Gasteiger partial charge in [0.25, 0.3) is 0 Å². The number of carbonyl (C=O) groups is 3. The highest BCUT2D eigenvalue weighted by Gasteiger charge is 2.45. The van der Waals surface area contributed by atoms with E-state index in [0.29, 0.717) is 13.0 Å². The predicted octanol–water partition coefficient (Wildman–Crippen LogP) is 2.13. The summed E-state index contributed by atoms with van der Waals surface area (Å²) in [4.78, 5) is 41.8. The van der Waals surface area contributed by atoms with Gasteiger partial charge in [0.15, 0.2) is 0 Å². The zero-order chi connectivity index (χ0) is 26.3. The third kappa shape index (κ3) is 7.95. The van der Waals surface area contributed by atoms with E-state index in [1.165, 1.54) is 0 Å². The lowest BCUT2D eigenvalue weighted by Gasteiger charge is -2.36. The van der Waals surface area contributed by atoms with Crippen LogP contribution in [-0.4, -0.2) is 72.9 Å². The zero-order valence-corrected chi connectivity index (χ0v) is 23.4. The summed E-state index contributed by atoms with van der Waals surface area (Å²) in [5.41, 5.74) is 0.519. The number of benzene rings is 1. The maximum Gasteiger partial charge on any atom is 0.246 e. The summed E-state index contributed by atoms with van der Waals surface area (Å²) in [5, 5.41) is 9.03. The molecule has 5 atom stereocenters. The molecule has 8 nitrogen and oxygen atoms in total. The molecule has 198 valence electrons.